The molecule has 64 valence electrons. The number of rotatable bonds is 3. The third-order valence-electron chi connectivity index (χ3n) is 1.47. The Hall–Kier alpha value is -1.42. The molecule has 4 heteroatoms. The Morgan fingerprint density at radius 2 is 2.42 bits per heavy atom. The molecule has 1 N–H and O–H groups in total. The van der Waals surface area contributed by atoms with Crippen molar-refractivity contribution in [2.75, 3.05) is 11.9 Å². The third-order valence-corrected chi connectivity index (χ3v) is 1.47. The van der Waals surface area contributed by atoms with Crippen LogP contribution in [0.2, 0.25) is 0 Å². The van der Waals surface area contributed by atoms with Crippen LogP contribution in [0.4, 0.5) is 5.82 Å². The average Bonchev–Trinajstić information content (AvgIpc) is 2.17. The van der Waals surface area contributed by atoms with Gasteiger partial charge in [0.2, 0.25) is 6.41 Å². The van der Waals surface area contributed by atoms with Crippen molar-refractivity contribution in [3.63, 3.8) is 0 Å². The van der Waals surface area contributed by atoms with Crippen LogP contribution < -0.4 is 4.90 Å². The third kappa shape index (κ3) is 1.79. The Kier molecular flexibility index (Phi) is 2.76. The lowest BCUT2D eigenvalue weighted by atomic mass is 10.3. The molecular weight excluding hydrogens is 156 g/mol. The maximum atomic E-state index is 10.3. The number of aliphatic hydroxyl groups excluding tert-OH is 1. The van der Waals surface area contributed by atoms with Gasteiger partial charge in [0.1, 0.15) is 5.82 Å². The van der Waals surface area contributed by atoms with Crippen molar-refractivity contribution >= 4 is 12.2 Å². The van der Waals surface area contributed by atoms with Crippen LogP contribution in [-0.4, -0.2) is 23.5 Å². The SMILES string of the molecule is CN(C=O)c1cccc(CO)n1. The highest BCUT2D eigenvalue weighted by Crippen LogP contribution is 2.07. The molecule has 1 rings (SSSR count). The van der Waals surface area contributed by atoms with Crippen LogP contribution in [0.25, 0.3) is 0 Å². The number of hydrogen-bond acceptors (Lipinski definition) is 3. The van der Waals surface area contributed by atoms with Crippen molar-refractivity contribution in [3.05, 3.63) is 23.9 Å². The summed E-state index contributed by atoms with van der Waals surface area (Å²) in [6.07, 6.45) is 0.670. The normalized spacial score (nSPS) is 9.50. The van der Waals surface area contributed by atoms with Crippen LogP contribution in [-0.2, 0) is 11.4 Å². The second-order valence-corrected chi connectivity index (χ2v) is 2.36. The second kappa shape index (κ2) is 3.82. The van der Waals surface area contributed by atoms with Crippen molar-refractivity contribution in [1.82, 2.24) is 4.98 Å². The molecule has 1 aromatic rings. The Bertz CT molecular complexity index is 276. The molecule has 0 aliphatic carbocycles. The number of carbonyl (C=O) groups excluding carboxylic acids is 1. The number of aromatic nitrogens is 1. The molecule has 0 saturated carbocycles. The zero-order chi connectivity index (χ0) is 8.97. The monoisotopic (exact) mass is 166 g/mol. The minimum Gasteiger partial charge on any atom is -0.390 e. The number of carbonyl (C=O) groups is 1. The fourth-order valence-corrected chi connectivity index (χ4v) is 0.805. The van der Waals surface area contributed by atoms with E-state index in [4.69, 9.17) is 5.11 Å². The van der Waals surface area contributed by atoms with E-state index in [0.29, 0.717) is 17.9 Å². The van der Waals surface area contributed by atoms with Gasteiger partial charge in [-0.05, 0) is 12.1 Å². The standard InChI is InChI=1S/C8H10N2O2/c1-10(6-12)8-4-2-3-7(5-11)9-8/h2-4,6,11H,5H2,1H3. The maximum absolute atomic E-state index is 10.3. The Morgan fingerprint density at radius 1 is 1.67 bits per heavy atom. The van der Waals surface area contributed by atoms with Crippen molar-refractivity contribution in [2.24, 2.45) is 0 Å². The summed E-state index contributed by atoms with van der Waals surface area (Å²) in [7, 11) is 1.61. The molecule has 0 saturated heterocycles. The van der Waals surface area contributed by atoms with Crippen LogP contribution in [0.5, 0.6) is 0 Å². The molecule has 12 heavy (non-hydrogen) atoms. The fourth-order valence-electron chi connectivity index (χ4n) is 0.805. The van der Waals surface area contributed by atoms with Gasteiger partial charge in [0.15, 0.2) is 0 Å². The molecule has 4 nitrogen and oxygen atoms in total. The summed E-state index contributed by atoms with van der Waals surface area (Å²) < 4.78 is 0. The highest BCUT2D eigenvalue weighted by molar-refractivity contribution is 5.71. The molecule has 0 aromatic carbocycles. The smallest absolute Gasteiger partial charge is 0.215 e. The van der Waals surface area contributed by atoms with E-state index in [-0.39, 0.29) is 6.61 Å². The van der Waals surface area contributed by atoms with E-state index in [2.05, 4.69) is 4.98 Å². The molecule has 1 heterocycles. The number of anilines is 1. The highest BCUT2D eigenvalue weighted by Gasteiger charge is 2.00. The summed E-state index contributed by atoms with van der Waals surface area (Å²) in [6.45, 7) is -0.111. The lowest BCUT2D eigenvalue weighted by Gasteiger charge is -2.09. The van der Waals surface area contributed by atoms with Gasteiger partial charge < -0.3 is 10.0 Å². The Labute approximate surface area is 70.5 Å². The molecule has 0 radical (unpaired) electrons. The first-order valence-corrected chi connectivity index (χ1v) is 3.53. The summed E-state index contributed by atoms with van der Waals surface area (Å²) in [5.74, 6) is 0.538. The minimum atomic E-state index is -0.111. The van der Waals surface area contributed by atoms with E-state index >= 15 is 0 Å². The largest absolute Gasteiger partial charge is 0.390 e. The molecular formula is C8H10N2O2. The van der Waals surface area contributed by atoms with Crippen molar-refractivity contribution in [1.29, 1.82) is 0 Å². The van der Waals surface area contributed by atoms with Crippen molar-refractivity contribution < 1.29 is 9.90 Å². The van der Waals surface area contributed by atoms with Crippen molar-refractivity contribution in [2.45, 2.75) is 6.61 Å². The molecule has 0 bridgehead atoms. The predicted molar refractivity (Wildman–Crippen MR) is 44.6 cm³/mol. The molecule has 0 aliphatic heterocycles. The number of hydrogen-bond donors (Lipinski definition) is 1. The lowest BCUT2D eigenvalue weighted by molar-refractivity contribution is -0.107. The molecule has 0 atom stereocenters. The lowest BCUT2D eigenvalue weighted by Crippen LogP contribution is -2.15. The van der Waals surface area contributed by atoms with E-state index in [0.717, 1.165) is 0 Å². The zero-order valence-electron chi connectivity index (χ0n) is 6.77. The van der Waals surface area contributed by atoms with E-state index in [1.807, 2.05) is 0 Å². The fraction of sp³-hybridized carbons (Fsp3) is 0.250. The minimum absolute atomic E-state index is 0.111. The van der Waals surface area contributed by atoms with Crippen LogP contribution in [0.1, 0.15) is 5.69 Å². The number of nitrogens with zero attached hydrogens (tertiary/aromatic N) is 2. The van der Waals surface area contributed by atoms with Gasteiger partial charge in [0, 0.05) is 7.05 Å². The van der Waals surface area contributed by atoms with Gasteiger partial charge in [-0.1, -0.05) is 6.07 Å². The van der Waals surface area contributed by atoms with Crippen LogP contribution >= 0.6 is 0 Å². The summed E-state index contributed by atoms with van der Waals surface area (Å²) >= 11 is 0. The van der Waals surface area contributed by atoms with Gasteiger partial charge >= 0.3 is 0 Å². The van der Waals surface area contributed by atoms with Gasteiger partial charge in [-0.2, -0.15) is 0 Å². The van der Waals surface area contributed by atoms with Gasteiger partial charge in [-0.3, -0.25) is 4.79 Å². The summed E-state index contributed by atoms with van der Waals surface area (Å²) in [4.78, 5) is 15.7. The highest BCUT2D eigenvalue weighted by atomic mass is 16.3. The second-order valence-electron chi connectivity index (χ2n) is 2.36. The van der Waals surface area contributed by atoms with E-state index in [9.17, 15) is 4.79 Å². The van der Waals surface area contributed by atoms with Crippen LogP contribution in [0.15, 0.2) is 18.2 Å². The topological polar surface area (TPSA) is 53.4 Å². The molecule has 0 fully saturated rings. The molecule has 0 spiro atoms. The Balaban J connectivity index is 2.93. The summed E-state index contributed by atoms with van der Waals surface area (Å²) in [5.41, 5.74) is 0.557. The van der Waals surface area contributed by atoms with E-state index in [1.165, 1.54) is 4.90 Å². The summed E-state index contributed by atoms with van der Waals surface area (Å²) in [5, 5.41) is 8.75. The van der Waals surface area contributed by atoms with Gasteiger partial charge in [-0.25, -0.2) is 4.98 Å². The molecule has 0 aliphatic rings. The van der Waals surface area contributed by atoms with Gasteiger partial charge in [-0.15, -0.1) is 0 Å². The number of amides is 1. The first kappa shape index (κ1) is 8.67. The van der Waals surface area contributed by atoms with Crippen LogP contribution in [0.3, 0.4) is 0 Å². The quantitative estimate of drug-likeness (QED) is 0.651. The van der Waals surface area contributed by atoms with Gasteiger partial charge in [0.05, 0.1) is 12.3 Å². The van der Waals surface area contributed by atoms with Crippen LogP contribution in [0, 0.1) is 0 Å². The first-order chi connectivity index (χ1) is 5.77. The molecule has 1 amide bonds. The zero-order valence-corrected chi connectivity index (χ0v) is 6.77. The molecule has 1 aromatic heterocycles. The average molecular weight is 166 g/mol. The predicted octanol–water partition coefficient (Wildman–Crippen LogP) is 0.166. The maximum Gasteiger partial charge on any atom is 0.215 e. The van der Waals surface area contributed by atoms with E-state index < -0.39 is 0 Å². The first-order valence-electron chi connectivity index (χ1n) is 3.53. The molecule has 0 unspecified atom stereocenters. The Morgan fingerprint density at radius 3 is 3.00 bits per heavy atom. The summed E-state index contributed by atoms with van der Waals surface area (Å²) in [6, 6.07) is 5.14. The van der Waals surface area contributed by atoms with Gasteiger partial charge in [0.25, 0.3) is 0 Å². The van der Waals surface area contributed by atoms with Crippen molar-refractivity contribution in [3.8, 4) is 0 Å². The van der Waals surface area contributed by atoms with E-state index in [1.54, 1.807) is 25.2 Å². The number of pyridine rings is 1. The number of aliphatic hydroxyl groups is 1.